The molecule has 330 valence electrons. The van der Waals surface area contributed by atoms with Gasteiger partial charge in [0, 0.05) is 36.7 Å². The van der Waals surface area contributed by atoms with Gasteiger partial charge in [-0.15, -0.1) is 0 Å². The van der Waals surface area contributed by atoms with Gasteiger partial charge in [0.05, 0.1) is 0 Å². The van der Waals surface area contributed by atoms with Crippen LogP contribution in [0.4, 0.5) is 0 Å². The van der Waals surface area contributed by atoms with Crippen molar-refractivity contribution in [3.05, 3.63) is 0 Å². The van der Waals surface area contributed by atoms with Crippen molar-refractivity contribution in [3.8, 4) is 0 Å². The maximum Gasteiger partial charge on any atom is 0.0165 e. The molecule has 4 unspecified atom stereocenters. The minimum atomic E-state index is 0.797. The summed E-state index contributed by atoms with van der Waals surface area (Å²) >= 11 is 0. The second-order valence-corrected chi connectivity index (χ2v) is 21.3. The predicted octanol–water partition coefficient (Wildman–Crippen LogP) is 17.7. The Kier molecular flexibility index (Phi) is 40.3. The minimum absolute atomic E-state index is 0.797. The van der Waals surface area contributed by atoms with Gasteiger partial charge >= 0.3 is 0 Å². The second-order valence-electron chi connectivity index (χ2n) is 18.6. The van der Waals surface area contributed by atoms with Crippen LogP contribution < -0.4 is 0 Å². The zero-order valence-electron chi connectivity index (χ0n) is 39.0. The lowest BCUT2D eigenvalue weighted by Gasteiger charge is -2.29. The maximum absolute atomic E-state index is 2.77. The average molecular weight is 810 g/mol. The summed E-state index contributed by atoms with van der Waals surface area (Å²) in [4.78, 5) is 5.51. The van der Waals surface area contributed by atoms with Gasteiger partial charge in [0.15, 0.2) is 0 Å². The quantitative estimate of drug-likeness (QED) is 0.0446. The van der Waals surface area contributed by atoms with Gasteiger partial charge in [0.1, 0.15) is 0 Å². The van der Waals surface area contributed by atoms with Crippen LogP contribution in [0, 0.1) is 11.8 Å². The number of rotatable bonds is 46. The van der Waals surface area contributed by atoms with E-state index in [0.29, 0.717) is 0 Å². The number of hydrogen-bond acceptors (Lipinski definition) is 4. The van der Waals surface area contributed by atoms with Crippen LogP contribution >= 0.6 is 21.6 Å². The van der Waals surface area contributed by atoms with Gasteiger partial charge in [-0.3, -0.25) is 0 Å². The molecule has 0 heterocycles. The highest BCUT2D eigenvalue weighted by Crippen LogP contribution is 2.45. The first-order valence-electron chi connectivity index (χ1n) is 25.7. The van der Waals surface area contributed by atoms with E-state index in [-0.39, 0.29) is 0 Å². The lowest BCUT2D eigenvalue weighted by Crippen LogP contribution is -2.34. The highest BCUT2D eigenvalue weighted by Gasteiger charge is 2.35. The van der Waals surface area contributed by atoms with Gasteiger partial charge in [-0.2, -0.15) is 0 Å². The van der Waals surface area contributed by atoms with E-state index in [1.165, 1.54) is 256 Å². The SMILES string of the molecule is CCCCCCCCCC(CCCCCCC)N(C)CCSSCCN(C)C(CCCCCCCCC)CCCCCCCC1CC1CCCCCCCC. The van der Waals surface area contributed by atoms with Crippen LogP contribution in [0.5, 0.6) is 0 Å². The van der Waals surface area contributed by atoms with Crippen LogP contribution in [0.3, 0.4) is 0 Å². The molecule has 0 saturated heterocycles. The Hall–Kier alpha value is 0.620. The molecule has 55 heavy (non-hydrogen) atoms. The maximum atomic E-state index is 2.77. The third kappa shape index (κ3) is 34.1. The van der Waals surface area contributed by atoms with Gasteiger partial charge in [0.2, 0.25) is 0 Å². The summed E-state index contributed by atoms with van der Waals surface area (Å²) in [6.45, 7) is 11.8. The van der Waals surface area contributed by atoms with E-state index >= 15 is 0 Å². The Morgan fingerprint density at radius 1 is 0.364 bits per heavy atom. The normalized spacial score (nSPS) is 16.8. The zero-order chi connectivity index (χ0) is 39.9. The second kappa shape index (κ2) is 41.4. The molecule has 2 nitrogen and oxygen atoms in total. The number of hydrogen-bond donors (Lipinski definition) is 0. The molecule has 0 bridgehead atoms. The van der Waals surface area contributed by atoms with Gasteiger partial charge < -0.3 is 9.80 Å². The van der Waals surface area contributed by atoms with Crippen LogP contribution in [-0.4, -0.2) is 60.6 Å². The molecule has 1 aliphatic rings. The molecular formula is C51H104N2S2. The molecule has 0 spiro atoms. The van der Waals surface area contributed by atoms with E-state index < -0.39 is 0 Å². The molecule has 1 saturated carbocycles. The molecule has 0 N–H and O–H groups in total. The van der Waals surface area contributed by atoms with Gasteiger partial charge in [-0.25, -0.2) is 0 Å². The highest BCUT2D eigenvalue weighted by atomic mass is 33.1. The van der Waals surface area contributed by atoms with Crippen molar-refractivity contribution in [1.29, 1.82) is 0 Å². The van der Waals surface area contributed by atoms with Crippen molar-refractivity contribution in [2.24, 2.45) is 11.8 Å². The van der Waals surface area contributed by atoms with Crippen molar-refractivity contribution in [3.63, 3.8) is 0 Å². The summed E-state index contributed by atoms with van der Waals surface area (Å²) in [5, 5.41) is 0. The fourth-order valence-corrected chi connectivity index (χ4v) is 11.3. The largest absolute Gasteiger partial charge is 0.303 e. The third-order valence-corrected chi connectivity index (χ3v) is 15.8. The first-order chi connectivity index (χ1) is 27.1. The minimum Gasteiger partial charge on any atom is -0.303 e. The summed E-state index contributed by atoms with van der Waals surface area (Å²) in [5.41, 5.74) is 0. The summed E-state index contributed by atoms with van der Waals surface area (Å²) in [7, 11) is 9.19. The number of unbranched alkanes of at least 4 members (excludes halogenated alkanes) is 25. The standard InChI is InChI=1S/C51H104N2S2/c1-7-11-15-19-22-28-34-40-50(39-33-25-18-14-10-4)52(5)43-45-54-55-46-44-53(6)51(41-35-29-23-20-16-12-8-2)42-36-30-24-27-32-38-49-47-48(49)37-31-26-21-17-13-9-3/h48-51H,7-47H2,1-6H3. The summed E-state index contributed by atoms with van der Waals surface area (Å²) in [6, 6.07) is 1.60. The summed E-state index contributed by atoms with van der Waals surface area (Å²) in [6.07, 6.45) is 53.6. The molecule has 0 aromatic carbocycles. The first kappa shape index (κ1) is 53.6. The van der Waals surface area contributed by atoms with Crippen LogP contribution in [0.15, 0.2) is 0 Å². The molecular weight excluding hydrogens is 705 g/mol. The molecule has 0 aromatic heterocycles. The molecule has 0 radical (unpaired) electrons. The Bertz CT molecular complexity index is 748. The molecule has 4 heteroatoms. The van der Waals surface area contributed by atoms with Gasteiger partial charge in [-0.1, -0.05) is 255 Å². The molecule has 1 rings (SSSR count). The molecule has 0 aromatic rings. The molecule has 1 aliphatic carbocycles. The monoisotopic (exact) mass is 809 g/mol. The molecule has 4 atom stereocenters. The summed E-state index contributed by atoms with van der Waals surface area (Å²) < 4.78 is 0. The van der Waals surface area contributed by atoms with E-state index in [9.17, 15) is 0 Å². The van der Waals surface area contributed by atoms with Crippen molar-refractivity contribution in [2.45, 2.75) is 277 Å². The fraction of sp³-hybridized carbons (Fsp3) is 1.00. The molecule has 0 amide bonds. The first-order valence-corrected chi connectivity index (χ1v) is 28.2. The van der Waals surface area contributed by atoms with Crippen LogP contribution in [-0.2, 0) is 0 Å². The highest BCUT2D eigenvalue weighted by molar-refractivity contribution is 8.76. The smallest absolute Gasteiger partial charge is 0.0165 e. The Morgan fingerprint density at radius 2 is 0.618 bits per heavy atom. The lowest BCUT2D eigenvalue weighted by molar-refractivity contribution is 0.220. The van der Waals surface area contributed by atoms with E-state index in [1.807, 2.05) is 0 Å². The zero-order valence-corrected chi connectivity index (χ0v) is 40.6. The number of nitrogens with zero attached hydrogens (tertiary/aromatic N) is 2. The molecule has 1 fully saturated rings. The van der Waals surface area contributed by atoms with Crippen molar-refractivity contribution < 1.29 is 0 Å². The summed E-state index contributed by atoms with van der Waals surface area (Å²) in [5.74, 6) is 4.77. The van der Waals surface area contributed by atoms with E-state index in [0.717, 1.165) is 23.9 Å². The average Bonchev–Trinajstić information content (AvgIpc) is 3.95. The van der Waals surface area contributed by atoms with Crippen molar-refractivity contribution in [2.75, 3.05) is 38.7 Å². The van der Waals surface area contributed by atoms with Crippen LogP contribution in [0.25, 0.3) is 0 Å². The van der Waals surface area contributed by atoms with E-state index in [2.05, 4.69) is 73.2 Å². The Balaban J connectivity index is 2.31. The Labute approximate surface area is 357 Å². The van der Waals surface area contributed by atoms with Crippen LogP contribution in [0.2, 0.25) is 0 Å². The van der Waals surface area contributed by atoms with E-state index in [4.69, 9.17) is 0 Å². The van der Waals surface area contributed by atoms with Gasteiger partial charge in [0.25, 0.3) is 0 Å². The fourth-order valence-electron chi connectivity index (χ4n) is 9.19. The molecule has 0 aliphatic heterocycles. The lowest BCUT2D eigenvalue weighted by atomic mass is 9.98. The van der Waals surface area contributed by atoms with Crippen molar-refractivity contribution >= 4 is 21.6 Å². The third-order valence-electron chi connectivity index (χ3n) is 13.4. The van der Waals surface area contributed by atoms with Gasteiger partial charge in [-0.05, 0) is 58.0 Å². The van der Waals surface area contributed by atoms with Crippen molar-refractivity contribution in [1.82, 2.24) is 9.80 Å². The Morgan fingerprint density at radius 3 is 0.909 bits per heavy atom. The van der Waals surface area contributed by atoms with Crippen LogP contribution in [0.1, 0.15) is 265 Å². The predicted molar refractivity (Wildman–Crippen MR) is 258 cm³/mol. The topological polar surface area (TPSA) is 6.48 Å². The van der Waals surface area contributed by atoms with E-state index in [1.54, 1.807) is 6.42 Å².